The lowest BCUT2D eigenvalue weighted by atomic mass is 10.1. The van der Waals surface area contributed by atoms with Crippen LogP contribution in [0.2, 0.25) is 10.3 Å². The van der Waals surface area contributed by atoms with E-state index in [1.165, 1.54) is 6.08 Å². The summed E-state index contributed by atoms with van der Waals surface area (Å²) in [5.41, 5.74) is 0.519. The monoisotopic (exact) mass is 252 g/mol. The summed E-state index contributed by atoms with van der Waals surface area (Å²) in [6, 6.07) is 3.69. The van der Waals surface area contributed by atoms with Crippen molar-refractivity contribution in [2.75, 3.05) is 0 Å². The minimum absolute atomic E-state index is 0.00731. The molecule has 7 heteroatoms. The van der Waals surface area contributed by atoms with Crippen LogP contribution in [0.25, 0.3) is 6.08 Å². The summed E-state index contributed by atoms with van der Waals surface area (Å²) in [6.45, 7) is 0. The van der Waals surface area contributed by atoms with Gasteiger partial charge in [0, 0.05) is 0 Å². The lowest BCUT2D eigenvalue weighted by molar-refractivity contribution is 0.289. The number of halogens is 2. The fraction of sp³-hybridized carbons (Fsp3) is 0.111. The maximum Gasteiger partial charge on any atom is 0.219 e. The van der Waals surface area contributed by atoms with Crippen LogP contribution < -0.4 is 4.74 Å². The standard InChI is InChI=1S/C9H2Cl2N4O/c10-8-5-1-4(2-12)6(3-13)16-7(5)9(11)15-14-8/h1,6H. The number of hydrogen-bond acceptors (Lipinski definition) is 5. The molecule has 78 valence electrons. The first-order valence-electron chi connectivity index (χ1n) is 4.07. The average Bonchev–Trinajstić information content (AvgIpc) is 2.32. The van der Waals surface area contributed by atoms with Crippen molar-refractivity contribution in [1.82, 2.24) is 10.2 Å². The molecule has 0 bridgehead atoms. The zero-order valence-corrected chi connectivity index (χ0v) is 9.12. The first-order valence-corrected chi connectivity index (χ1v) is 4.82. The summed E-state index contributed by atoms with van der Waals surface area (Å²) in [4.78, 5) is 0. The molecule has 0 saturated carbocycles. The van der Waals surface area contributed by atoms with E-state index in [-0.39, 0.29) is 21.6 Å². The van der Waals surface area contributed by atoms with Gasteiger partial charge in [0.05, 0.1) is 17.2 Å². The molecule has 5 nitrogen and oxygen atoms in total. The Hall–Kier alpha value is -1.82. The van der Waals surface area contributed by atoms with E-state index in [4.69, 9.17) is 38.5 Å². The van der Waals surface area contributed by atoms with Crippen molar-refractivity contribution >= 4 is 29.3 Å². The van der Waals surface area contributed by atoms with Gasteiger partial charge in [-0.1, -0.05) is 23.2 Å². The molecule has 1 aliphatic rings. The largest absolute Gasteiger partial charge is 0.466 e. The van der Waals surface area contributed by atoms with Crippen LogP contribution in [0.1, 0.15) is 5.56 Å². The van der Waals surface area contributed by atoms with Crippen LogP contribution in [-0.4, -0.2) is 16.3 Å². The van der Waals surface area contributed by atoms with Crippen molar-refractivity contribution in [3.05, 3.63) is 21.4 Å². The molecule has 1 unspecified atom stereocenters. The van der Waals surface area contributed by atoms with Gasteiger partial charge in [0.2, 0.25) is 6.10 Å². The highest BCUT2D eigenvalue weighted by Crippen LogP contribution is 2.37. The summed E-state index contributed by atoms with van der Waals surface area (Å²) in [6.07, 6.45) is 0.436. The Morgan fingerprint density at radius 1 is 1.25 bits per heavy atom. The topological polar surface area (TPSA) is 82.6 Å². The molecule has 1 atom stereocenters. The Kier molecular flexibility index (Phi) is 2.66. The molecular weight excluding hydrogens is 251 g/mol. The Morgan fingerprint density at radius 2 is 1.94 bits per heavy atom. The molecule has 2 heterocycles. The maximum atomic E-state index is 8.82. The molecule has 0 aromatic carbocycles. The van der Waals surface area contributed by atoms with Gasteiger partial charge >= 0.3 is 0 Å². The van der Waals surface area contributed by atoms with E-state index < -0.39 is 6.10 Å². The number of aromatic nitrogens is 2. The highest BCUT2D eigenvalue weighted by Gasteiger charge is 2.27. The highest BCUT2D eigenvalue weighted by molar-refractivity contribution is 6.33. The van der Waals surface area contributed by atoms with Crippen LogP contribution in [-0.2, 0) is 0 Å². The molecule has 0 saturated heterocycles. The van der Waals surface area contributed by atoms with Gasteiger partial charge < -0.3 is 4.74 Å². The average molecular weight is 253 g/mol. The van der Waals surface area contributed by atoms with Gasteiger partial charge in [-0.15, -0.1) is 10.2 Å². The smallest absolute Gasteiger partial charge is 0.219 e. The van der Waals surface area contributed by atoms with Crippen LogP contribution in [0.4, 0.5) is 0 Å². The summed E-state index contributed by atoms with van der Waals surface area (Å²) in [7, 11) is 0. The molecule has 0 N–H and O–H groups in total. The first kappa shape index (κ1) is 10.7. The fourth-order valence-corrected chi connectivity index (χ4v) is 1.59. The predicted octanol–water partition coefficient (Wildman–Crippen LogP) is 1.97. The van der Waals surface area contributed by atoms with Gasteiger partial charge in [0.1, 0.15) is 6.07 Å². The Morgan fingerprint density at radius 3 is 2.56 bits per heavy atom. The van der Waals surface area contributed by atoms with Gasteiger partial charge in [-0.25, -0.2) is 0 Å². The highest BCUT2D eigenvalue weighted by atomic mass is 35.5. The number of fused-ring (bicyclic) bond motifs is 1. The third-order valence-corrected chi connectivity index (χ3v) is 2.47. The normalized spacial score (nSPS) is 17.5. The Balaban J connectivity index is 2.66. The minimum Gasteiger partial charge on any atom is -0.466 e. The predicted molar refractivity (Wildman–Crippen MR) is 55.7 cm³/mol. The molecular formula is C9H2Cl2N4O. The second kappa shape index (κ2) is 3.97. The zero-order valence-electron chi connectivity index (χ0n) is 7.61. The van der Waals surface area contributed by atoms with Crippen molar-refractivity contribution in [2.45, 2.75) is 6.10 Å². The number of hydrogen-bond donors (Lipinski definition) is 0. The van der Waals surface area contributed by atoms with Crippen LogP contribution in [0, 0.1) is 22.7 Å². The quantitative estimate of drug-likeness (QED) is 0.705. The second-order valence-corrected chi connectivity index (χ2v) is 3.58. The van der Waals surface area contributed by atoms with Crippen LogP contribution in [0.5, 0.6) is 5.75 Å². The lowest BCUT2D eigenvalue weighted by Gasteiger charge is -2.19. The maximum absolute atomic E-state index is 8.82. The molecule has 0 radical (unpaired) electrons. The lowest BCUT2D eigenvalue weighted by Crippen LogP contribution is -2.20. The van der Waals surface area contributed by atoms with Crippen molar-refractivity contribution < 1.29 is 4.74 Å². The van der Waals surface area contributed by atoms with E-state index >= 15 is 0 Å². The number of ether oxygens (including phenoxy) is 1. The van der Waals surface area contributed by atoms with Crippen LogP contribution in [0.15, 0.2) is 5.57 Å². The van der Waals surface area contributed by atoms with E-state index in [1.54, 1.807) is 0 Å². The van der Waals surface area contributed by atoms with E-state index in [0.29, 0.717) is 5.56 Å². The minimum atomic E-state index is -0.990. The van der Waals surface area contributed by atoms with Gasteiger partial charge in [-0.2, -0.15) is 10.5 Å². The number of nitrogens with zero attached hydrogens (tertiary/aromatic N) is 4. The molecule has 0 aliphatic carbocycles. The van der Waals surface area contributed by atoms with Gasteiger partial charge in [0.25, 0.3) is 0 Å². The van der Waals surface area contributed by atoms with E-state index in [1.807, 2.05) is 12.1 Å². The van der Waals surface area contributed by atoms with Crippen molar-refractivity contribution in [3.63, 3.8) is 0 Å². The van der Waals surface area contributed by atoms with Gasteiger partial charge in [-0.3, -0.25) is 0 Å². The summed E-state index contributed by atoms with van der Waals surface area (Å²) >= 11 is 11.5. The molecule has 0 fully saturated rings. The first-order chi connectivity index (χ1) is 7.67. The molecule has 16 heavy (non-hydrogen) atoms. The van der Waals surface area contributed by atoms with Crippen molar-refractivity contribution in [1.29, 1.82) is 10.5 Å². The third kappa shape index (κ3) is 1.57. The third-order valence-electron chi connectivity index (χ3n) is 1.94. The van der Waals surface area contributed by atoms with Gasteiger partial charge in [0.15, 0.2) is 16.1 Å². The summed E-state index contributed by atoms with van der Waals surface area (Å²) < 4.78 is 5.23. The van der Waals surface area contributed by atoms with Gasteiger partial charge in [-0.05, 0) is 6.08 Å². The molecule has 1 aromatic rings. The molecule has 1 aromatic heterocycles. The number of rotatable bonds is 0. The summed E-state index contributed by atoms with van der Waals surface area (Å²) in [5.74, 6) is 0.173. The van der Waals surface area contributed by atoms with Crippen LogP contribution >= 0.6 is 23.2 Å². The Labute approximate surface area is 100 Å². The number of nitriles is 2. The molecule has 0 spiro atoms. The van der Waals surface area contributed by atoms with E-state index in [9.17, 15) is 0 Å². The van der Waals surface area contributed by atoms with E-state index in [0.717, 1.165) is 0 Å². The van der Waals surface area contributed by atoms with Crippen molar-refractivity contribution in [3.8, 4) is 17.9 Å². The Bertz CT molecular complexity index is 570. The summed E-state index contributed by atoms with van der Waals surface area (Å²) in [5, 5.41) is 24.8. The van der Waals surface area contributed by atoms with Crippen LogP contribution in [0.3, 0.4) is 0 Å². The van der Waals surface area contributed by atoms with E-state index in [2.05, 4.69) is 10.2 Å². The molecule has 0 amide bonds. The zero-order chi connectivity index (χ0) is 11.7. The molecule has 1 aliphatic heterocycles. The SMILES string of the molecule is N#CC1=Cc2c(Cl)nnc(Cl)c2OC1C#N. The second-order valence-electron chi connectivity index (χ2n) is 2.86. The fourth-order valence-electron chi connectivity index (χ4n) is 1.23. The molecule has 2 rings (SSSR count). The van der Waals surface area contributed by atoms with Crippen molar-refractivity contribution in [2.24, 2.45) is 0 Å².